The normalized spacial score (nSPS) is 13.4. The summed E-state index contributed by atoms with van der Waals surface area (Å²) in [6.45, 7) is 4.77. The van der Waals surface area contributed by atoms with Crippen molar-refractivity contribution < 1.29 is 14.0 Å². The van der Waals surface area contributed by atoms with E-state index in [0.717, 1.165) is 22.4 Å². The number of rotatable bonds is 7. The highest BCUT2D eigenvalue weighted by atomic mass is 35.5. The van der Waals surface area contributed by atoms with E-state index in [9.17, 15) is 14.0 Å². The van der Waals surface area contributed by atoms with Crippen molar-refractivity contribution in [3.8, 4) is 0 Å². The summed E-state index contributed by atoms with van der Waals surface area (Å²) in [5.41, 5.74) is 3.97. The molecule has 0 radical (unpaired) electrons. The molecule has 34 heavy (non-hydrogen) atoms. The quantitative estimate of drug-likeness (QED) is 0.521. The van der Waals surface area contributed by atoms with Crippen LogP contribution in [0.15, 0.2) is 66.7 Å². The maximum Gasteiger partial charge on any atom is 0.263 e. The van der Waals surface area contributed by atoms with Crippen LogP contribution in [0.1, 0.15) is 34.0 Å². The van der Waals surface area contributed by atoms with Gasteiger partial charge in [0, 0.05) is 30.1 Å². The number of anilines is 1. The van der Waals surface area contributed by atoms with Crippen LogP contribution in [0.3, 0.4) is 0 Å². The molecule has 1 heterocycles. The number of fused-ring (bicyclic) bond motifs is 1. The first-order valence-corrected chi connectivity index (χ1v) is 11.7. The van der Waals surface area contributed by atoms with Gasteiger partial charge in [-0.3, -0.25) is 19.6 Å². The van der Waals surface area contributed by atoms with E-state index < -0.39 is 6.04 Å². The second-order valence-corrected chi connectivity index (χ2v) is 8.87. The van der Waals surface area contributed by atoms with Crippen LogP contribution in [0.2, 0.25) is 5.02 Å². The minimum Gasteiger partial charge on any atom is -0.340 e. The summed E-state index contributed by atoms with van der Waals surface area (Å²) in [7, 11) is 0. The number of nitrogens with one attached hydrogen (secondary N) is 1. The monoisotopic (exact) mass is 479 g/mol. The van der Waals surface area contributed by atoms with Crippen LogP contribution >= 0.6 is 11.6 Å². The van der Waals surface area contributed by atoms with Crippen molar-refractivity contribution >= 4 is 29.1 Å². The van der Waals surface area contributed by atoms with Gasteiger partial charge in [-0.2, -0.15) is 0 Å². The topological polar surface area (TPSA) is 52.7 Å². The average molecular weight is 480 g/mol. The summed E-state index contributed by atoms with van der Waals surface area (Å²) in [6, 6.07) is 18.3. The maximum absolute atomic E-state index is 13.8. The largest absolute Gasteiger partial charge is 0.340 e. The highest BCUT2D eigenvalue weighted by Gasteiger charge is 2.32. The number of hydrogen-bond acceptors (Lipinski definition) is 3. The Bertz CT molecular complexity index is 1220. The molecule has 1 unspecified atom stereocenters. The number of hydrazine groups is 1. The second-order valence-electron chi connectivity index (χ2n) is 8.43. The molecule has 0 aliphatic carbocycles. The van der Waals surface area contributed by atoms with E-state index in [2.05, 4.69) is 5.32 Å². The minimum atomic E-state index is -0.809. The summed E-state index contributed by atoms with van der Waals surface area (Å²) in [4.78, 5) is 26.9. The first-order valence-electron chi connectivity index (χ1n) is 11.3. The lowest BCUT2D eigenvalue weighted by molar-refractivity contribution is -0.133. The number of amides is 2. The molecule has 3 aromatic rings. The van der Waals surface area contributed by atoms with Crippen molar-refractivity contribution in [1.82, 2.24) is 10.3 Å². The van der Waals surface area contributed by atoms with Crippen LogP contribution in [-0.2, 0) is 17.6 Å². The van der Waals surface area contributed by atoms with E-state index in [1.54, 1.807) is 35.3 Å². The predicted octanol–water partition coefficient (Wildman–Crippen LogP) is 4.95. The van der Waals surface area contributed by atoms with Crippen molar-refractivity contribution in [2.75, 3.05) is 18.1 Å². The van der Waals surface area contributed by atoms with Crippen molar-refractivity contribution in [3.63, 3.8) is 0 Å². The van der Waals surface area contributed by atoms with Crippen molar-refractivity contribution in [3.05, 3.63) is 99.8 Å². The molecule has 7 heteroatoms. The summed E-state index contributed by atoms with van der Waals surface area (Å²) < 4.78 is 13.7. The Morgan fingerprint density at radius 1 is 1.12 bits per heavy atom. The lowest BCUT2D eigenvalue weighted by Gasteiger charge is -2.35. The Morgan fingerprint density at radius 2 is 1.91 bits per heavy atom. The Kier molecular flexibility index (Phi) is 7.17. The van der Waals surface area contributed by atoms with E-state index in [1.807, 2.05) is 43.1 Å². The van der Waals surface area contributed by atoms with Crippen LogP contribution in [-0.4, -0.2) is 36.0 Å². The smallest absolute Gasteiger partial charge is 0.263 e. The molecule has 0 saturated carbocycles. The van der Waals surface area contributed by atoms with E-state index >= 15 is 0 Å². The highest BCUT2D eigenvalue weighted by molar-refractivity contribution is 6.30. The summed E-state index contributed by atoms with van der Waals surface area (Å²) in [5.74, 6) is -0.844. The fraction of sp³-hybridized carbons (Fsp3) is 0.259. The molecular weight excluding hydrogens is 453 g/mol. The molecule has 1 atom stereocenters. The van der Waals surface area contributed by atoms with Gasteiger partial charge in [0.25, 0.3) is 11.8 Å². The standard InChI is InChI=1S/C27H27ClFN3O2/c1-3-31(32-13-12-20-17-23(29)10-11-25(20)32)27(34)24(16-19-7-5-9-22(28)15-19)30-26(33)21-8-4-6-18(2)14-21/h4-11,14-15,17,24H,3,12-13,16H2,1-2H3,(H,30,33). The lowest BCUT2D eigenvalue weighted by Crippen LogP contribution is -2.55. The third-order valence-corrected chi connectivity index (χ3v) is 6.21. The molecule has 0 bridgehead atoms. The lowest BCUT2D eigenvalue weighted by atomic mass is 10.0. The summed E-state index contributed by atoms with van der Waals surface area (Å²) >= 11 is 6.17. The number of benzene rings is 3. The number of carbonyl (C=O) groups is 2. The second kappa shape index (κ2) is 10.3. The fourth-order valence-electron chi connectivity index (χ4n) is 4.36. The third-order valence-electron chi connectivity index (χ3n) is 5.97. The Labute approximate surface area is 204 Å². The number of nitrogens with zero attached hydrogens (tertiary/aromatic N) is 2. The number of carbonyl (C=O) groups excluding carboxylic acids is 2. The molecule has 0 spiro atoms. The van der Waals surface area contributed by atoms with Gasteiger partial charge in [0.2, 0.25) is 0 Å². The molecule has 4 rings (SSSR count). The molecule has 176 valence electrons. The zero-order chi connectivity index (χ0) is 24.2. The Balaban J connectivity index is 1.63. The zero-order valence-electron chi connectivity index (χ0n) is 19.2. The summed E-state index contributed by atoms with van der Waals surface area (Å²) in [6.07, 6.45) is 0.934. The van der Waals surface area contributed by atoms with Crippen molar-refractivity contribution in [2.45, 2.75) is 32.7 Å². The Hall–Kier alpha value is -3.38. The van der Waals surface area contributed by atoms with E-state index in [4.69, 9.17) is 11.6 Å². The fourth-order valence-corrected chi connectivity index (χ4v) is 4.57. The molecule has 2 amide bonds. The van der Waals surface area contributed by atoms with Crippen LogP contribution in [0.5, 0.6) is 0 Å². The molecule has 1 aliphatic rings. The van der Waals surface area contributed by atoms with Gasteiger partial charge in [-0.1, -0.05) is 41.4 Å². The van der Waals surface area contributed by atoms with Gasteiger partial charge >= 0.3 is 0 Å². The molecule has 5 nitrogen and oxygen atoms in total. The maximum atomic E-state index is 13.8. The average Bonchev–Trinajstić information content (AvgIpc) is 3.21. The molecule has 1 N–H and O–H groups in total. The van der Waals surface area contributed by atoms with Crippen LogP contribution < -0.4 is 10.3 Å². The predicted molar refractivity (Wildman–Crippen MR) is 132 cm³/mol. The van der Waals surface area contributed by atoms with Crippen LogP contribution in [0.25, 0.3) is 0 Å². The third kappa shape index (κ3) is 5.23. The van der Waals surface area contributed by atoms with Gasteiger partial charge in [-0.15, -0.1) is 0 Å². The number of hydrogen-bond donors (Lipinski definition) is 1. The zero-order valence-corrected chi connectivity index (χ0v) is 20.0. The first kappa shape index (κ1) is 23.8. The van der Waals surface area contributed by atoms with Gasteiger partial charge in [0.1, 0.15) is 11.9 Å². The van der Waals surface area contributed by atoms with E-state index in [1.165, 1.54) is 12.1 Å². The number of likely N-dealkylation sites (N-methyl/N-ethyl adjacent to an activating group) is 1. The van der Waals surface area contributed by atoms with Gasteiger partial charge in [-0.05, 0) is 73.9 Å². The van der Waals surface area contributed by atoms with Gasteiger partial charge in [0.15, 0.2) is 0 Å². The number of aryl methyl sites for hydroxylation is 1. The SMILES string of the molecule is CCN(C(=O)C(Cc1cccc(Cl)c1)NC(=O)c1cccc(C)c1)N1CCc2cc(F)ccc21. The first-order chi connectivity index (χ1) is 16.4. The van der Waals surface area contributed by atoms with Crippen LogP contribution in [0, 0.1) is 12.7 Å². The Morgan fingerprint density at radius 3 is 2.65 bits per heavy atom. The molecular formula is C27H27ClFN3O2. The molecule has 3 aromatic carbocycles. The molecule has 0 aromatic heterocycles. The highest BCUT2D eigenvalue weighted by Crippen LogP contribution is 2.30. The van der Waals surface area contributed by atoms with Gasteiger partial charge < -0.3 is 5.32 Å². The van der Waals surface area contributed by atoms with E-state index in [0.29, 0.717) is 30.1 Å². The summed E-state index contributed by atoms with van der Waals surface area (Å²) in [5, 5.41) is 7.02. The minimum absolute atomic E-state index is 0.236. The van der Waals surface area contributed by atoms with Gasteiger partial charge in [0.05, 0.1) is 5.69 Å². The molecule has 0 saturated heterocycles. The van der Waals surface area contributed by atoms with E-state index in [-0.39, 0.29) is 24.1 Å². The van der Waals surface area contributed by atoms with Crippen LogP contribution in [0.4, 0.5) is 10.1 Å². The molecule has 1 aliphatic heterocycles. The van der Waals surface area contributed by atoms with Crippen molar-refractivity contribution in [2.24, 2.45) is 0 Å². The molecule has 0 fully saturated rings. The van der Waals surface area contributed by atoms with Gasteiger partial charge in [-0.25, -0.2) is 4.39 Å². The van der Waals surface area contributed by atoms with Crippen molar-refractivity contribution in [1.29, 1.82) is 0 Å². The number of halogens is 2.